The second-order valence-corrected chi connectivity index (χ2v) is 9.85. The molecule has 182 valence electrons. The first-order valence-electron chi connectivity index (χ1n) is 13.5. The lowest BCUT2D eigenvalue weighted by atomic mass is 9.94. The number of nitrogens with zero attached hydrogens (tertiary/aromatic N) is 1. The zero-order valence-electron chi connectivity index (χ0n) is 20.8. The number of esters is 1. The number of carbonyl (C=O) groups is 2. The smallest absolute Gasteiger partial charge is 0.309 e. The minimum Gasteiger partial charge on any atom is -0.465 e. The van der Waals surface area contributed by atoms with E-state index in [0.717, 1.165) is 38.6 Å². The van der Waals surface area contributed by atoms with Crippen LogP contribution in [0.4, 0.5) is 0 Å². The van der Waals surface area contributed by atoms with Crippen molar-refractivity contribution in [1.82, 2.24) is 4.90 Å². The van der Waals surface area contributed by atoms with Gasteiger partial charge < -0.3 is 14.4 Å². The van der Waals surface area contributed by atoms with Gasteiger partial charge in [-0.2, -0.15) is 0 Å². The van der Waals surface area contributed by atoms with Gasteiger partial charge in [-0.15, -0.1) is 0 Å². The molecule has 1 saturated heterocycles. The Bertz CT molecular complexity index is 432. The number of hydrogen-bond donors (Lipinski definition) is 0. The van der Waals surface area contributed by atoms with Crippen LogP contribution in [-0.2, 0) is 14.3 Å². The Morgan fingerprint density at radius 3 is 1.94 bits per heavy atom. The highest BCUT2D eigenvalue weighted by atomic mass is 16.5. The molecule has 0 aliphatic carbocycles. The van der Waals surface area contributed by atoms with Gasteiger partial charge in [0.15, 0.2) is 0 Å². The summed E-state index contributed by atoms with van der Waals surface area (Å²) < 4.78 is 5.82. The fourth-order valence-corrected chi connectivity index (χ4v) is 4.63. The van der Waals surface area contributed by atoms with Gasteiger partial charge in [-0.05, 0) is 58.2 Å². The standard InChI is InChI=1S/C27H51NO3/c1-3-4-5-6-8-11-14-17-25(18-15-12-9-7-10-13-16-23-29)24-31-27(30)26-19-21-28(2)22-20-26/h23,25-26H,3-22,24H2,1-2H3. The SMILES string of the molecule is CCCCCCCCCC(CCCCCCCCC=O)COC(=O)C1CCN(C)CC1. The van der Waals surface area contributed by atoms with E-state index >= 15 is 0 Å². The van der Waals surface area contributed by atoms with E-state index < -0.39 is 0 Å². The van der Waals surface area contributed by atoms with Crippen molar-refractivity contribution >= 4 is 12.3 Å². The third-order valence-electron chi connectivity index (χ3n) is 6.91. The predicted molar refractivity (Wildman–Crippen MR) is 130 cm³/mol. The molecule has 31 heavy (non-hydrogen) atoms. The molecule has 0 aromatic heterocycles. The van der Waals surface area contributed by atoms with E-state index in [1.54, 1.807) is 0 Å². The highest BCUT2D eigenvalue weighted by molar-refractivity contribution is 5.72. The van der Waals surface area contributed by atoms with E-state index in [4.69, 9.17) is 4.74 Å². The quantitative estimate of drug-likeness (QED) is 0.117. The van der Waals surface area contributed by atoms with Crippen LogP contribution in [0.1, 0.15) is 122 Å². The number of ether oxygens (including phenoxy) is 1. The average molecular weight is 438 g/mol. The lowest BCUT2D eigenvalue weighted by Crippen LogP contribution is -2.34. The summed E-state index contributed by atoms with van der Waals surface area (Å²) in [5.41, 5.74) is 0. The van der Waals surface area contributed by atoms with Crippen molar-refractivity contribution in [1.29, 1.82) is 0 Å². The van der Waals surface area contributed by atoms with Gasteiger partial charge in [0.2, 0.25) is 0 Å². The molecule has 1 unspecified atom stereocenters. The molecule has 0 spiro atoms. The van der Waals surface area contributed by atoms with Gasteiger partial charge >= 0.3 is 5.97 Å². The molecule has 0 N–H and O–H groups in total. The molecule has 1 atom stereocenters. The molecular weight excluding hydrogens is 386 g/mol. The van der Waals surface area contributed by atoms with E-state index in [-0.39, 0.29) is 11.9 Å². The average Bonchev–Trinajstić information content (AvgIpc) is 2.78. The summed E-state index contributed by atoms with van der Waals surface area (Å²) in [6, 6.07) is 0. The van der Waals surface area contributed by atoms with Gasteiger partial charge in [-0.1, -0.05) is 84.0 Å². The third-order valence-corrected chi connectivity index (χ3v) is 6.91. The number of carbonyl (C=O) groups excluding carboxylic acids is 2. The fourth-order valence-electron chi connectivity index (χ4n) is 4.63. The molecule has 1 heterocycles. The first-order chi connectivity index (χ1) is 15.2. The molecular formula is C27H51NO3. The Balaban J connectivity index is 2.25. The molecule has 0 amide bonds. The second kappa shape index (κ2) is 19.8. The second-order valence-electron chi connectivity index (χ2n) is 9.85. The molecule has 0 aromatic rings. The lowest BCUT2D eigenvalue weighted by molar-refractivity contribution is -0.151. The predicted octanol–water partition coefficient (Wildman–Crippen LogP) is 6.95. The monoisotopic (exact) mass is 437 g/mol. The van der Waals surface area contributed by atoms with Crippen LogP contribution >= 0.6 is 0 Å². The minimum atomic E-state index is 0.0489. The summed E-state index contributed by atoms with van der Waals surface area (Å²) >= 11 is 0. The highest BCUT2D eigenvalue weighted by Crippen LogP contribution is 2.22. The van der Waals surface area contributed by atoms with Gasteiger partial charge in [0.25, 0.3) is 0 Å². The number of aldehydes is 1. The maximum Gasteiger partial charge on any atom is 0.309 e. The largest absolute Gasteiger partial charge is 0.465 e. The Morgan fingerprint density at radius 1 is 0.871 bits per heavy atom. The van der Waals surface area contributed by atoms with Gasteiger partial charge in [0, 0.05) is 6.42 Å². The number of unbranched alkanes of at least 4 members (excludes halogenated alkanes) is 12. The Hall–Kier alpha value is -0.900. The normalized spacial score (nSPS) is 16.3. The number of hydrogen-bond acceptors (Lipinski definition) is 4. The minimum absolute atomic E-state index is 0.0489. The summed E-state index contributed by atoms with van der Waals surface area (Å²) in [6.45, 7) is 4.91. The Kier molecular flexibility index (Phi) is 17.9. The fraction of sp³-hybridized carbons (Fsp3) is 0.926. The molecule has 0 bridgehead atoms. The van der Waals surface area contributed by atoms with E-state index in [0.29, 0.717) is 18.9 Å². The van der Waals surface area contributed by atoms with Crippen LogP contribution < -0.4 is 0 Å². The van der Waals surface area contributed by atoms with Crippen LogP contribution in [0, 0.1) is 11.8 Å². The van der Waals surface area contributed by atoms with Crippen LogP contribution in [0.5, 0.6) is 0 Å². The molecule has 1 aliphatic rings. The van der Waals surface area contributed by atoms with Crippen molar-refractivity contribution in [3.05, 3.63) is 0 Å². The zero-order valence-corrected chi connectivity index (χ0v) is 20.8. The maximum atomic E-state index is 12.5. The molecule has 1 rings (SSSR count). The molecule has 1 aliphatic heterocycles. The van der Waals surface area contributed by atoms with Crippen molar-refractivity contribution in [2.75, 3.05) is 26.7 Å². The van der Waals surface area contributed by atoms with Crippen LogP contribution in [0.25, 0.3) is 0 Å². The van der Waals surface area contributed by atoms with Crippen LogP contribution in [0.15, 0.2) is 0 Å². The molecule has 1 fully saturated rings. The lowest BCUT2D eigenvalue weighted by Gasteiger charge is -2.28. The van der Waals surface area contributed by atoms with E-state index in [1.807, 2.05) is 0 Å². The van der Waals surface area contributed by atoms with Gasteiger partial charge in [-0.3, -0.25) is 4.79 Å². The summed E-state index contributed by atoms with van der Waals surface area (Å²) in [4.78, 5) is 25.2. The number of likely N-dealkylation sites (tertiary alicyclic amines) is 1. The first kappa shape index (κ1) is 28.1. The topological polar surface area (TPSA) is 46.6 Å². The number of piperidine rings is 1. The molecule has 0 aromatic carbocycles. The van der Waals surface area contributed by atoms with E-state index in [2.05, 4.69) is 18.9 Å². The summed E-state index contributed by atoms with van der Waals surface area (Å²) in [5, 5.41) is 0. The van der Waals surface area contributed by atoms with E-state index in [1.165, 1.54) is 89.9 Å². The van der Waals surface area contributed by atoms with E-state index in [9.17, 15) is 9.59 Å². The molecule has 0 radical (unpaired) electrons. The van der Waals surface area contributed by atoms with Crippen molar-refractivity contribution in [2.24, 2.45) is 11.8 Å². The summed E-state index contributed by atoms with van der Waals surface area (Å²) in [5.74, 6) is 0.690. The molecule has 4 heteroatoms. The Morgan fingerprint density at radius 2 is 1.39 bits per heavy atom. The summed E-state index contributed by atoms with van der Waals surface area (Å²) in [7, 11) is 2.13. The van der Waals surface area contributed by atoms with Crippen molar-refractivity contribution in [2.45, 2.75) is 122 Å². The third kappa shape index (κ3) is 15.5. The van der Waals surface area contributed by atoms with Crippen LogP contribution in [-0.4, -0.2) is 43.9 Å². The van der Waals surface area contributed by atoms with Crippen molar-refractivity contribution in [3.8, 4) is 0 Å². The number of rotatable bonds is 20. The molecule has 4 nitrogen and oxygen atoms in total. The van der Waals surface area contributed by atoms with Crippen LogP contribution in [0.2, 0.25) is 0 Å². The summed E-state index contributed by atoms with van der Waals surface area (Å²) in [6.07, 6.45) is 22.6. The highest BCUT2D eigenvalue weighted by Gasteiger charge is 2.25. The van der Waals surface area contributed by atoms with Gasteiger partial charge in [0.1, 0.15) is 6.29 Å². The first-order valence-corrected chi connectivity index (χ1v) is 13.5. The Labute approximate surface area is 192 Å². The zero-order chi connectivity index (χ0) is 22.6. The van der Waals surface area contributed by atoms with Gasteiger partial charge in [0.05, 0.1) is 12.5 Å². The maximum absolute atomic E-state index is 12.5. The van der Waals surface area contributed by atoms with Crippen molar-refractivity contribution < 1.29 is 14.3 Å². The van der Waals surface area contributed by atoms with Gasteiger partial charge in [-0.25, -0.2) is 0 Å². The van der Waals surface area contributed by atoms with Crippen LogP contribution in [0.3, 0.4) is 0 Å². The molecule has 0 saturated carbocycles. The van der Waals surface area contributed by atoms with Crippen molar-refractivity contribution in [3.63, 3.8) is 0 Å².